The first-order valence-corrected chi connectivity index (χ1v) is 5.16. The van der Waals surface area contributed by atoms with Gasteiger partial charge in [0.15, 0.2) is 0 Å². The van der Waals surface area contributed by atoms with Gasteiger partial charge in [0.1, 0.15) is 5.82 Å². The highest BCUT2D eigenvalue weighted by Crippen LogP contribution is 2.20. The van der Waals surface area contributed by atoms with Crippen molar-refractivity contribution in [2.75, 3.05) is 10.6 Å². The fraction of sp³-hybridized carbons (Fsp3) is 0. The number of aromatic carboxylic acids is 1. The number of anilines is 2. The zero-order valence-corrected chi connectivity index (χ0v) is 9.48. The normalized spacial score (nSPS) is 9.95. The van der Waals surface area contributed by atoms with E-state index in [4.69, 9.17) is 5.11 Å². The first-order valence-electron chi connectivity index (χ1n) is 5.16. The van der Waals surface area contributed by atoms with Crippen LogP contribution in [0.2, 0.25) is 0 Å². The van der Waals surface area contributed by atoms with Gasteiger partial charge in [0.25, 0.3) is 0 Å². The standard InChI is InChI=1S/C11H9FN4O3/c12-8-3-1-2-7(10(17)18)9(8)16-11(19)15-6-4-13-14-5-6/h1-5H,(H,13,14)(H,17,18)(H2,15,16,19). The molecule has 0 fully saturated rings. The van der Waals surface area contributed by atoms with Gasteiger partial charge in [-0.05, 0) is 12.1 Å². The van der Waals surface area contributed by atoms with Crippen molar-refractivity contribution in [2.24, 2.45) is 0 Å². The molecule has 0 aliphatic rings. The Balaban J connectivity index is 2.19. The number of halogens is 1. The second-order valence-electron chi connectivity index (χ2n) is 3.53. The third-order valence-electron chi connectivity index (χ3n) is 2.24. The van der Waals surface area contributed by atoms with E-state index in [9.17, 15) is 14.0 Å². The SMILES string of the molecule is O=C(Nc1cn[nH]c1)Nc1c(F)cccc1C(=O)O. The first kappa shape index (κ1) is 12.6. The molecule has 0 unspecified atom stereocenters. The van der Waals surface area contributed by atoms with Crippen molar-refractivity contribution in [3.05, 3.63) is 42.0 Å². The van der Waals surface area contributed by atoms with Crippen LogP contribution in [0, 0.1) is 5.82 Å². The molecule has 0 saturated carbocycles. The summed E-state index contributed by atoms with van der Waals surface area (Å²) >= 11 is 0. The first-order chi connectivity index (χ1) is 9.08. The molecule has 1 aromatic heterocycles. The molecule has 0 saturated heterocycles. The molecule has 0 aliphatic heterocycles. The summed E-state index contributed by atoms with van der Waals surface area (Å²) in [4.78, 5) is 22.5. The van der Waals surface area contributed by atoms with Crippen molar-refractivity contribution in [3.8, 4) is 0 Å². The average molecular weight is 264 g/mol. The lowest BCUT2D eigenvalue weighted by Gasteiger charge is -2.09. The summed E-state index contributed by atoms with van der Waals surface area (Å²) < 4.78 is 13.5. The number of benzene rings is 1. The van der Waals surface area contributed by atoms with E-state index in [-0.39, 0.29) is 5.56 Å². The lowest BCUT2D eigenvalue weighted by molar-refractivity contribution is 0.0697. The van der Waals surface area contributed by atoms with E-state index < -0.39 is 23.5 Å². The fourth-order valence-electron chi connectivity index (χ4n) is 1.42. The number of rotatable bonds is 3. The van der Waals surface area contributed by atoms with Crippen LogP contribution in [0.15, 0.2) is 30.6 Å². The van der Waals surface area contributed by atoms with Crippen LogP contribution in [0.25, 0.3) is 0 Å². The summed E-state index contributed by atoms with van der Waals surface area (Å²) in [6, 6.07) is 2.73. The predicted molar refractivity (Wildman–Crippen MR) is 64.6 cm³/mol. The molecule has 0 aliphatic carbocycles. The largest absolute Gasteiger partial charge is 0.478 e. The number of amides is 2. The maximum Gasteiger partial charge on any atom is 0.337 e. The van der Waals surface area contributed by atoms with Gasteiger partial charge in [-0.2, -0.15) is 5.10 Å². The van der Waals surface area contributed by atoms with Crippen molar-refractivity contribution < 1.29 is 19.1 Å². The molecule has 2 rings (SSSR count). The molecule has 7 nitrogen and oxygen atoms in total. The Bertz CT molecular complexity index is 612. The summed E-state index contributed by atoms with van der Waals surface area (Å²) in [6.07, 6.45) is 2.76. The van der Waals surface area contributed by atoms with Gasteiger partial charge in [0.05, 0.1) is 23.1 Å². The summed E-state index contributed by atoms with van der Waals surface area (Å²) in [6.45, 7) is 0. The van der Waals surface area contributed by atoms with Crippen LogP contribution in [-0.2, 0) is 0 Å². The van der Waals surface area contributed by atoms with Crippen LogP contribution in [0.4, 0.5) is 20.6 Å². The summed E-state index contributed by atoms with van der Waals surface area (Å²) in [5.74, 6) is -2.17. The molecule has 19 heavy (non-hydrogen) atoms. The zero-order valence-electron chi connectivity index (χ0n) is 9.48. The molecule has 0 radical (unpaired) electrons. The minimum Gasteiger partial charge on any atom is -0.478 e. The highest BCUT2D eigenvalue weighted by atomic mass is 19.1. The van der Waals surface area contributed by atoms with E-state index in [0.29, 0.717) is 5.69 Å². The van der Waals surface area contributed by atoms with E-state index in [2.05, 4.69) is 20.8 Å². The van der Waals surface area contributed by atoms with Crippen LogP contribution < -0.4 is 10.6 Å². The van der Waals surface area contributed by atoms with Gasteiger partial charge in [0.2, 0.25) is 0 Å². The number of hydrogen-bond acceptors (Lipinski definition) is 3. The van der Waals surface area contributed by atoms with E-state index in [1.54, 1.807) is 0 Å². The molecule has 1 heterocycles. The number of H-pyrrole nitrogens is 1. The van der Waals surface area contributed by atoms with E-state index >= 15 is 0 Å². The predicted octanol–water partition coefficient (Wildman–Crippen LogP) is 1.89. The Labute approximate surface area is 106 Å². The summed E-state index contributed by atoms with van der Waals surface area (Å²) in [7, 11) is 0. The summed E-state index contributed by atoms with van der Waals surface area (Å²) in [5, 5.41) is 19.5. The monoisotopic (exact) mass is 264 g/mol. The number of nitrogens with one attached hydrogen (secondary N) is 3. The van der Waals surface area contributed by atoms with Crippen molar-refractivity contribution >= 4 is 23.4 Å². The van der Waals surface area contributed by atoms with Crippen molar-refractivity contribution in [2.45, 2.75) is 0 Å². The molecule has 0 atom stereocenters. The highest BCUT2D eigenvalue weighted by molar-refractivity contribution is 6.04. The zero-order chi connectivity index (χ0) is 13.8. The summed E-state index contributed by atoms with van der Waals surface area (Å²) in [5.41, 5.74) is -0.357. The maximum atomic E-state index is 13.5. The second kappa shape index (κ2) is 5.17. The number of aromatic nitrogens is 2. The number of aromatic amines is 1. The van der Waals surface area contributed by atoms with Crippen LogP contribution >= 0.6 is 0 Å². The minimum absolute atomic E-state index is 0.331. The number of carboxylic acid groups (broad SMARTS) is 1. The quantitative estimate of drug-likeness (QED) is 0.679. The van der Waals surface area contributed by atoms with Crippen molar-refractivity contribution in [3.63, 3.8) is 0 Å². The van der Waals surface area contributed by atoms with Gasteiger partial charge < -0.3 is 15.7 Å². The second-order valence-corrected chi connectivity index (χ2v) is 3.53. The molecule has 2 aromatic rings. The van der Waals surface area contributed by atoms with Crippen LogP contribution in [0.5, 0.6) is 0 Å². The van der Waals surface area contributed by atoms with Crippen LogP contribution in [0.3, 0.4) is 0 Å². The number of carboxylic acids is 1. The van der Waals surface area contributed by atoms with Gasteiger partial charge in [-0.1, -0.05) is 6.07 Å². The number of carbonyl (C=O) groups is 2. The van der Waals surface area contributed by atoms with Crippen LogP contribution in [0.1, 0.15) is 10.4 Å². The highest BCUT2D eigenvalue weighted by Gasteiger charge is 2.16. The minimum atomic E-state index is -1.34. The topological polar surface area (TPSA) is 107 Å². The molecule has 0 spiro atoms. The number of para-hydroxylation sites is 1. The molecule has 0 bridgehead atoms. The Morgan fingerprint density at radius 1 is 1.32 bits per heavy atom. The van der Waals surface area contributed by atoms with Gasteiger partial charge in [-0.3, -0.25) is 5.10 Å². The molecule has 8 heteroatoms. The maximum absolute atomic E-state index is 13.5. The van der Waals surface area contributed by atoms with Crippen LogP contribution in [-0.4, -0.2) is 27.3 Å². The molecular weight excluding hydrogens is 255 g/mol. The molecule has 98 valence electrons. The molecular formula is C11H9FN4O3. The average Bonchev–Trinajstić information content (AvgIpc) is 2.84. The third-order valence-corrected chi connectivity index (χ3v) is 2.24. The van der Waals surface area contributed by atoms with E-state index in [0.717, 1.165) is 6.07 Å². The number of carbonyl (C=O) groups excluding carboxylic acids is 1. The van der Waals surface area contributed by atoms with Gasteiger partial charge >= 0.3 is 12.0 Å². The van der Waals surface area contributed by atoms with Gasteiger partial charge in [0, 0.05) is 6.20 Å². The Hall–Kier alpha value is -2.90. The van der Waals surface area contributed by atoms with Crippen molar-refractivity contribution in [1.29, 1.82) is 0 Å². The smallest absolute Gasteiger partial charge is 0.337 e. The number of urea groups is 1. The van der Waals surface area contributed by atoms with E-state index in [1.807, 2.05) is 0 Å². The van der Waals surface area contributed by atoms with Gasteiger partial charge in [-0.25, -0.2) is 14.0 Å². The Morgan fingerprint density at radius 2 is 2.11 bits per heavy atom. The van der Waals surface area contributed by atoms with E-state index in [1.165, 1.54) is 24.5 Å². The number of nitrogens with zero attached hydrogens (tertiary/aromatic N) is 1. The Kier molecular flexibility index (Phi) is 3.42. The van der Waals surface area contributed by atoms with Crippen molar-refractivity contribution in [1.82, 2.24) is 10.2 Å². The third kappa shape index (κ3) is 2.86. The molecule has 2 amide bonds. The lowest BCUT2D eigenvalue weighted by atomic mass is 10.1. The molecule has 1 aromatic carbocycles. The molecule has 4 N–H and O–H groups in total. The van der Waals surface area contributed by atoms with Gasteiger partial charge in [-0.15, -0.1) is 0 Å². The number of hydrogen-bond donors (Lipinski definition) is 4. The Morgan fingerprint density at radius 3 is 2.74 bits per heavy atom. The lowest BCUT2D eigenvalue weighted by Crippen LogP contribution is -2.21. The fourth-order valence-corrected chi connectivity index (χ4v) is 1.42.